The first-order valence-corrected chi connectivity index (χ1v) is 13.1. The van der Waals surface area contributed by atoms with Crippen molar-refractivity contribution >= 4 is 63.2 Å². The van der Waals surface area contributed by atoms with E-state index in [2.05, 4.69) is 74.5 Å². The van der Waals surface area contributed by atoms with Gasteiger partial charge in [0, 0.05) is 0 Å². The maximum Gasteiger partial charge on any atom is 0.192 e. The Hall–Kier alpha value is 0.357. The Balaban J connectivity index is 0.000000277. The largest absolute Gasteiger partial charge is 0.411 e. The normalized spacial score (nSPS) is 12.0. The van der Waals surface area contributed by atoms with E-state index in [1.165, 1.54) is 23.1 Å². The fourth-order valence-electron chi connectivity index (χ4n) is 1.19. The van der Waals surface area contributed by atoms with Gasteiger partial charge in [0.25, 0.3) is 0 Å². The SMILES string of the molecule is CC(C)(C)[Si](C)(C)OCc1cc(Br)sn1.OCc1cc(Br)sn1. The topological polar surface area (TPSA) is 55.2 Å². The van der Waals surface area contributed by atoms with Crippen molar-refractivity contribution in [3.8, 4) is 0 Å². The molecule has 23 heavy (non-hydrogen) atoms. The molecule has 1 N–H and O–H groups in total. The third kappa shape index (κ3) is 7.41. The maximum absolute atomic E-state index is 8.47. The lowest BCUT2D eigenvalue weighted by Gasteiger charge is -2.35. The average Bonchev–Trinajstić information content (AvgIpc) is 3.04. The minimum atomic E-state index is -1.63. The molecule has 9 heteroatoms. The fourth-order valence-corrected chi connectivity index (χ4v) is 4.09. The average molecular weight is 502 g/mol. The third-order valence-electron chi connectivity index (χ3n) is 3.61. The molecular formula is C14H22Br2N2O2S2Si. The van der Waals surface area contributed by atoms with Gasteiger partial charge >= 0.3 is 0 Å². The van der Waals surface area contributed by atoms with Gasteiger partial charge in [0.2, 0.25) is 0 Å². The smallest absolute Gasteiger partial charge is 0.192 e. The van der Waals surface area contributed by atoms with Crippen LogP contribution in [-0.4, -0.2) is 22.2 Å². The molecule has 2 aromatic heterocycles. The molecule has 2 heterocycles. The van der Waals surface area contributed by atoms with E-state index in [0.29, 0.717) is 6.61 Å². The Bertz CT molecular complexity index is 612. The van der Waals surface area contributed by atoms with E-state index in [1.807, 2.05) is 6.07 Å². The molecule has 2 aromatic rings. The summed E-state index contributed by atoms with van der Waals surface area (Å²) < 4.78 is 16.3. The molecule has 0 aliphatic carbocycles. The summed E-state index contributed by atoms with van der Waals surface area (Å²) >= 11 is 9.42. The number of nitrogens with zero attached hydrogens (tertiary/aromatic N) is 2. The number of halogens is 2. The monoisotopic (exact) mass is 500 g/mol. The standard InChI is InChI=1S/C10H18BrNOSSi.C4H4BrNOS/c1-10(2,3)15(4,5)13-7-8-6-9(11)14-12-8;5-4-1-3(2-7)6-8-4/h6H,7H2,1-5H3;1,7H,2H2. The Labute approximate surface area is 164 Å². The van der Waals surface area contributed by atoms with Crippen molar-refractivity contribution in [3.05, 3.63) is 31.1 Å². The molecule has 0 radical (unpaired) electrons. The molecule has 4 nitrogen and oxygen atoms in total. The van der Waals surface area contributed by atoms with E-state index >= 15 is 0 Å². The van der Waals surface area contributed by atoms with E-state index in [1.54, 1.807) is 6.07 Å². The van der Waals surface area contributed by atoms with E-state index in [0.717, 1.165) is 19.0 Å². The summed E-state index contributed by atoms with van der Waals surface area (Å²) in [7, 11) is -1.63. The van der Waals surface area contributed by atoms with Crippen LogP contribution in [-0.2, 0) is 17.6 Å². The van der Waals surface area contributed by atoms with Crippen LogP contribution < -0.4 is 0 Å². The van der Waals surface area contributed by atoms with Crippen molar-refractivity contribution in [1.29, 1.82) is 0 Å². The number of aliphatic hydroxyl groups excluding tert-OH is 1. The van der Waals surface area contributed by atoms with Crippen LogP contribution >= 0.6 is 54.9 Å². The first-order valence-electron chi connectivity index (χ1n) is 7.02. The molecule has 0 spiro atoms. The van der Waals surface area contributed by atoms with Crippen molar-refractivity contribution in [3.63, 3.8) is 0 Å². The Kier molecular flexibility index (Phi) is 8.53. The molecule has 0 saturated heterocycles. The first kappa shape index (κ1) is 21.4. The second kappa shape index (κ2) is 9.16. The zero-order valence-electron chi connectivity index (χ0n) is 13.9. The molecule has 0 bridgehead atoms. The molecule has 0 unspecified atom stereocenters. The van der Waals surface area contributed by atoms with E-state index in [9.17, 15) is 0 Å². The Morgan fingerprint density at radius 3 is 1.87 bits per heavy atom. The van der Waals surface area contributed by atoms with Crippen LogP contribution in [0.1, 0.15) is 32.2 Å². The predicted molar refractivity (Wildman–Crippen MR) is 108 cm³/mol. The van der Waals surface area contributed by atoms with Gasteiger partial charge in [0.05, 0.1) is 32.2 Å². The lowest BCUT2D eigenvalue weighted by molar-refractivity contribution is 0.273. The fraction of sp³-hybridized carbons (Fsp3) is 0.571. The van der Waals surface area contributed by atoms with Gasteiger partial charge in [-0.2, -0.15) is 8.75 Å². The highest BCUT2D eigenvalue weighted by Gasteiger charge is 2.37. The van der Waals surface area contributed by atoms with Crippen LogP contribution in [0.15, 0.2) is 19.7 Å². The lowest BCUT2D eigenvalue weighted by atomic mass is 10.2. The lowest BCUT2D eigenvalue weighted by Crippen LogP contribution is -2.40. The van der Waals surface area contributed by atoms with Crippen molar-refractivity contribution in [2.45, 2.75) is 52.1 Å². The van der Waals surface area contributed by atoms with Gasteiger partial charge < -0.3 is 9.53 Å². The minimum absolute atomic E-state index is 0.0299. The van der Waals surface area contributed by atoms with Gasteiger partial charge in [-0.15, -0.1) is 0 Å². The molecule has 0 saturated carbocycles. The molecule has 2 rings (SSSR count). The number of rotatable bonds is 4. The predicted octanol–water partition coefficient (Wildman–Crippen LogP) is 5.83. The molecular weight excluding hydrogens is 480 g/mol. The van der Waals surface area contributed by atoms with Crippen LogP contribution in [0.4, 0.5) is 0 Å². The Morgan fingerprint density at radius 2 is 1.57 bits per heavy atom. The van der Waals surface area contributed by atoms with Crippen molar-refractivity contribution in [2.75, 3.05) is 0 Å². The molecule has 0 aromatic carbocycles. The summed E-state index contributed by atoms with van der Waals surface area (Å²) in [6.45, 7) is 11.9. The summed E-state index contributed by atoms with van der Waals surface area (Å²) in [5, 5.41) is 8.74. The molecule has 130 valence electrons. The third-order valence-corrected chi connectivity index (χ3v) is 10.7. The van der Waals surface area contributed by atoms with Crippen LogP contribution in [0.25, 0.3) is 0 Å². The number of aliphatic hydroxyl groups is 1. The highest BCUT2D eigenvalue weighted by Crippen LogP contribution is 2.37. The number of aromatic nitrogens is 2. The van der Waals surface area contributed by atoms with Gasteiger partial charge in [-0.1, -0.05) is 20.8 Å². The number of hydrogen-bond acceptors (Lipinski definition) is 6. The second-order valence-electron chi connectivity index (χ2n) is 6.45. The zero-order chi connectivity index (χ0) is 17.7. The van der Waals surface area contributed by atoms with Crippen LogP contribution in [0.3, 0.4) is 0 Å². The van der Waals surface area contributed by atoms with Gasteiger partial charge in [-0.05, 0) is 85.2 Å². The molecule has 0 fully saturated rings. The van der Waals surface area contributed by atoms with Gasteiger partial charge in [-0.3, -0.25) is 0 Å². The van der Waals surface area contributed by atoms with E-state index < -0.39 is 8.32 Å². The Morgan fingerprint density at radius 1 is 1.09 bits per heavy atom. The van der Waals surface area contributed by atoms with Crippen molar-refractivity contribution < 1.29 is 9.53 Å². The summed E-state index contributed by atoms with van der Waals surface area (Å²) in [5.41, 5.74) is 1.75. The van der Waals surface area contributed by atoms with Crippen molar-refractivity contribution in [2.24, 2.45) is 0 Å². The van der Waals surface area contributed by atoms with Gasteiger partial charge in [-0.25, -0.2) is 0 Å². The second-order valence-corrected chi connectivity index (χ2v) is 15.6. The minimum Gasteiger partial charge on any atom is -0.411 e. The summed E-state index contributed by atoms with van der Waals surface area (Å²) in [4.78, 5) is 0. The van der Waals surface area contributed by atoms with Gasteiger partial charge in [0.1, 0.15) is 0 Å². The van der Waals surface area contributed by atoms with E-state index in [4.69, 9.17) is 9.53 Å². The number of hydrogen-bond donors (Lipinski definition) is 1. The molecule has 0 amide bonds. The summed E-state index contributed by atoms with van der Waals surface area (Å²) in [5.74, 6) is 0. The maximum atomic E-state index is 8.47. The zero-order valence-corrected chi connectivity index (χ0v) is 19.7. The summed E-state index contributed by atoms with van der Waals surface area (Å²) in [6, 6.07) is 3.82. The molecule has 0 atom stereocenters. The van der Waals surface area contributed by atoms with Crippen molar-refractivity contribution in [1.82, 2.24) is 8.75 Å². The van der Waals surface area contributed by atoms with E-state index in [-0.39, 0.29) is 11.6 Å². The summed E-state index contributed by atoms with van der Waals surface area (Å²) in [6.07, 6.45) is 0. The van der Waals surface area contributed by atoms with Crippen LogP contribution in [0.2, 0.25) is 18.1 Å². The highest BCUT2D eigenvalue weighted by atomic mass is 79.9. The quantitative estimate of drug-likeness (QED) is 0.535. The highest BCUT2D eigenvalue weighted by molar-refractivity contribution is 9.11. The van der Waals surface area contributed by atoms with Crippen LogP contribution in [0.5, 0.6) is 0 Å². The van der Waals surface area contributed by atoms with Gasteiger partial charge in [0.15, 0.2) is 8.32 Å². The first-order chi connectivity index (χ1) is 10.5. The van der Waals surface area contributed by atoms with Crippen LogP contribution in [0, 0.1) is 0 Å². The molecule has 0 aliphatic heterocycles. The molecule has 0 aliphatic rings.